The van der Waals surface area contributed by atoms with E-state index >= 15 is 8.78 Å². The summed E-state index contributed by atoms with van der Waals surface area (Å²) in [6, 6.07) is 12.3. The van der Waals surface area contributed by atoms with Crippen molar-refractivity contribution in [3.8, 4) is 28.0 Å². The maximum Gasteiger partial charge on any atom is 0.201 e. The molecule has 0 aliphatic heterocycles. The van der Waals surface area contributed by atoms with Gasteiger partial charge in [-0.25, -0.2) is 13.2 Å². The number of hydrogen-bond acceptors (Lipinski definition) is 1. The molecule has 0 amide bonds. The van der Waals surface area contributed by atoms with Crippen LogP contribution in [0.2, 0.25) is 0 Å². The molecule has 1 unspecified atom stereocenters. The van der Waals surface area contributed by atoms with Gasteiger partial charge < -0.3 is 4.74 Å². The van der Waals surface area contributed by atoms with E-state index in [9.17, 15) is 8.78 Å². The van der Waals surface area contributed by atoms with E-state index in [4.69, 9.17) is 4.74 Å². The van der Waals surface area contributed by atoms with E-state index in [-0.39, 0.29) is 16.9 Å². The Morgan fingerprint density at radius 1 is 0.763 bits per heavy atom. The van der Waals surface area contributed by atoms with E-state index in [1.165, 1.54) is 44.1 Å². The zero-order valence-electron chi connectivity index (χ0n) is 22.0. The van der Waals surface area contributed by atoms with Crippen LogP contribution in [0.3, 0.4) is 0 Å². The summed E-state index contributed by atoms with van der Waals surface area (Å²) in [6.45, 7) is 4.09. The van der Waals surface area contributed by atoms with Gasteiger partial charge in [-0.3, -0.25) is 0 Å². The summed E-state index contributed by atoms with van der Waals surface area (Å²) in [5.74, 6) is -3.44. The summed E-state index contributed by atoms with van der Waals surface area (Å²) >= 11 is 0. The van der Waals surface area contributed by atoms with Crippen LogP contribution in [0.25, 0.3) is 27.8 Å². The van der Waals surface area contributed by atoms with Crippen LogP contribution in [0, 0.1) is 29.2 Å². The van der Waals surface area contributed by atoms with E-state index in [0.29, 0.717) is 29.0 Å². The predicted octanol–water partition coefficient (Wildman–Crippen LogP) is 10.6. The lowest BCUT2D eigenvalue weighted by Gasteiger charge is -2.22. The van der Waals surface area contributed by atoms with Gasteiger partial charge in [0.05, 0.1) is 6.26 Å². The van der Waals surface area contributed by atoms with Crippen LogP contribution in [-0.2, 0) is 0 Å². The molecular formula is C33H34F4O. The van der Waals surface area contributed by atoms with Gasteiger partial charge >= 0.3 is 0 Å². The topological polar surface area (TPSA) is 9.23 Å². The molecule has 5 heteroatoms. The number of rotatable bonds is 10. The summed E-state index contributed by atoms with van der Waals surface area (Å²) in [4.78, 5) is 0. The van der Waals surface area contributed by atoms with E-state index < -0.39 is 23.3 Å². The Bertz CT molecular complexity index is 1310. The second-order valence-electron chi connectivity index (χ2n) is 9.87. The van der Waals surface area contributed by atoms with Crippen molar-refractivity contribution in [2.24, 2.45) is 5.92 Å². The third-order valence-electron chi connectivity index (χ3n) is 7.24. The standard InChI is InChI=1S/C33H34F4O/c1-3-5-7-8-22-9-11-23(12-10-22)26-17-18-27(31(35)30(26)34)24-13-15-25(16-14-24)28-19-20-29(33(37)32(28)36)38-21-6-4-2/h6,11,13-22H,3-5,7-10,12H2,1-2H3/b21-6-. The molecule has 0 radical (unpaired) electrons. The number of unbranched alkanes of at least 4 members (excludes halogenated alkanes) is 2. The Hall–Kier alpha value is -3.34. The minimum absolute atomic E-state index is 0.0557. The number of hydrogen-bond donors (Lipinski definition) is 0. The second kappa shape index (κ2) is 12.9. The van der Waals surface area contributed by atoms with Crippen LogP contribution in [0.5, 0.6) is 5.75 Å². The largest absolute Gasteiger partial charge is 0.462 e. The number of ether oxygens (including phenoxy) is 1. The second-order valence-corrected chi connectivity index (χ2v) is 9.87. The highest BCUT2D eigenvalue weighted by molar-refractivity contribution is 5.74. The fraction of sp³-hybridized carbons (Fsp3) is 0.333. The van der Waals surface area contributed by atoms with E-state index in [1.807, 2.05) is 6.92 Å². The molecule has 0 fully saturated rings. The quantitative estimate of drug-likeness (QED) is 0.146. The van der Waals surface area contributed by atoms with Crippen LogP contribution in [-0.4, -0.2) is 0 Å². The highest BCUT2D eigenvalue weighted by Crippen LogP contribution is 2.37. The molecule has 1 atom stereocenters. The first-order valence-electron chi connectivity index (χ1n) is 13.5. The van der Waals surface area contributed by atoms with Gasteiger partial charge in [-0.05, 0) is 66.5 Å². The number of benzene rings is 3. The van der Waals surface area contributed by atoms with Crippen molar-refractivity contribution >= 4 is 5.57 Å². The van der Waals surface area contributed by atoms with Crippen LogP contribution in [0.1, 0.15) is 70.8 Å². The molecule has 1 aliphatic rings. The smallest absolute Gasteiger partial charge is 0.201 e. The van der Waals surface area contributed by atoms with Gasteiger partial charge in [0, 0.05) is 16.7 Å². The van der Waals surface area contributed by atoms with Crippen LogP contribution >= 0.6 is 0 Å². The van der Waals surface area contributed by atoms with Crippen LogP contribution in [0.15, 0.2) is 66.9 Å². The molecule has 3 aromatic rings. The Morgan fingerprint density at radius 2 is 1.37 bits per heavy atom. The molecule has 0 saturated carbocycles. The van der Waals surface area contributed by atoms with Crippen molar-refractivity contribution in [1.82, 2.24) is 0 Å². The van der Waals surface area contributed by atoms with Gasteiger partial charge in [0.2, 0.25) is 5.82 Å². The fourth-order valence-corrected chi connectivity index (χ4v) is 4.99. The first kappa shape index (κ1) is 27.7. The summed E-state index contributed by atoms with van der Waals surface area (Å²) < 4.78 is 64.7. The molecule has 200 valence electrons. The maximum atomic E-state index is 15.2. The zero-order chi connectivity index (χ0) is 27.1. The normalized spacial score (nSPS) is 15.6. The minimum Gasteiger partial charge on any atom is -0.462 e. The predicted molar refractivity (Wildman–Crippen MR) is 147 cm³/mol. The summed E-state index contributed by atoms with van der Waals surface area (Å²) in [7, 11) is 0. The van der Waals surface area contributed by atoms with Crippen LogP contribution in [0.4, 0.5) is 17.6 Å². The molecule has 0 heterocycles. The summed E-state index contributed by atoms with van der Waals surface area (Å²) in [6.07, 6.45) is 13.3. The van der Waals surface area contributed by atoms with Gasteiger partial charge in [0.1, 0.15) is 0 Å². The lowest BCUT2D eigenvalue weighted by Crippen LogP contribution is -2.07. The van der Waals surface area contributed by atoms with Crippen molar-refractivity contribution in [2.75, 3.05) is 0 Å². The first-order valence-corrected chi connectivity index (χ1v) is 13.5. The van der Waals surface area contributed by atoms with Crippen molar-refractivity contribution < 1.29 is 22.3 Å². The Balaban J connectivity index is 1.51. The Morgan fingerprint density at radius 3 is 1.97 bits per heavy atom. The summed E-state index contributed by atoms with van der Waals surface area (Å²) in [5.41, 5.74) is 2.24. The Kier molecular flexibility index (Phi) is 9.43. The highest BCUT2D eigenvalue weighted by Gasteiger charge is 2.21. The average molecular weight is 523 g/mol. The molecule has 38 heavy (non-hydrogen) atoms. The van der Waals surface area contributed by atoms with Gasteiger partial charge in [0.25, 0.3) is 0 Å². The molecule has 4 rings (SSSR count). The van der Waals surface area contributed by atoms with Crippen molar-refractivity contribution in [3.05, 3.63) is 95.8 Å². The monoisotopic (exact) mass is 522 g/mol. The molecule has 1 aliphatic carbocycles. The minimum atomic E-state index is -1.08. The molecule has 0 N–H and O–H groups in total. The first-order chi connectivity index (χ1) is 18.4. The maximum absolute atomic E-state index is 15.2. The molecule has 0 saturated heterocycles. The third-order valence-corrected chi connectivity index (χ3v) is 7.24. The third kappa shape index (κ3) is 6.20. The zero-order valence-corrected chi connectivity index (χ0v) is 22.0. The lowest BCUT2D eigenvalue weighted by atomic mass is 9.83. The van der Waals surface area contributed by atoms with E-state index in [0.717, 1.165) is 24.8 Å². The van der Waals surface area contributed by atoms with E-state index in [2.05, 4.69) is 13.0 Å². The van der Waals surface area contributed by atoms with Crippen LogP contribution < -0.4 is 4.74 Å². The van der Waals surface area contributed by atoms with Gasteiger partial charge in [-0.15, -0.1) is 0 Å². The highest BCUT2D eigenvalue weighted by atomic mass is 19.2. The fourth-order valence-electron chi connectivity index (χ4n) is 4.99. The Labute approximate surface area is 222 Å². The average Bonchev–Trinajstić information content (AvgIpc) is 2.94. The number of halogens is 4. The summed E-state index contributed by atoms with van der Waals surface area (Å²) in [5, 5.41) is 0. The number of allylic oxidation sites excluding steroid dienone is 3. The van der Waals surface area contributed by atoms with Crippen molar-refractivity contribution in [3.63, 3.8) is 0 Å². The molecule has 0 aromatic heterocycles. The van der Waals surface area contributed by atoms with Crippen molar-refractivity contribution in [2.45, 2.75) is 65.2 Å². The van der Waals surface area contributed by atoms with Gasteiger partial charge in [-0.1, -0.05) is 82.0 Å². The lowest BCUT2D eigenvalue weighted by molar-refractivity contribution is 0.415. The molecule has 0 bridgehead atoms. The molecule has 0 spiro atoms. The molecule has 1 nitrogen and oxygen atoms in total. The van der Waals surface area contributed by atoms with E-state index in [1.54, 1.807) is 42.5 Å². The molecule has 3 aromatic carbocycles. The molecular weight excluding hydrogens is 488 g/mol. The SMILES string of the molecule is CC/C=C\Oc1ccc(-c2ccc(-c3ccc(C4=CCC(CCCCC)CC4)c(F)c3F)cc2)c(F)c1F. The van der Waals surface area contributed by atoms with Crippen molar-refractivity contribution in [1.29, 1.82) is 0 Å². The van der Waals surface area contributed by atoms with Gasteiger partial charge in [-0.2, -0.15) is 4.39 Å². The van der Waals surface area contributed by atoms with Gasteiger partial charge in [0.15, 0.2) is 23.2 Å².